The SMILES string of the molecule is CCC(NC(C)c1ccc(OC)cc1F)C1CCCCC1. The molecule has 0 bridgehead atoms. The van der Waals surface area contributed by atoms with Crippen molar-refractivity contribution in [3.05, 3.63) is 29.6 Å². The fraction of sp³-hybridized carbons (Fsp3) is 0.667. The van der Waals surface area contributed by atoms with Crippen molar-refractivity contribution in [1.29, 1.82) is 0 Å². The van der Waals surface area contributed by atoms with Crippen LogP contribution in [0, 0.1) is 11.7 Å². The van der Waals surface area contributed by atoms with E-state index in [0.29, 0.717) is 11.8 Å². The summed E-state index contributed by atoms with van der Waals surface area (Å²) in [6.45, 7) is 4.28. The first kappa shape index (κ1) is 16.3. The van der Waals surface area contributed by atoms with Gasteiger partial charge in [-0.25, -0.2) is 4.39 Å². The first-order valence-electron chi connectivity index (χ1n) is 8.25. The van der Waals surface area contributed by atoms with Crippen LogP contribution in [0.15, 0.2) is 18.2 Å². The molecule has 2 atom stereocenters. The highest BCUT2D eigenvalue weighted by Crippen LogP contribution is 2.30. The molecule has 1 aromatic rings. The molecule has 2 unspecified atom stereocenters. The van der Waals surface area contributed by atoms with Crippen LogP contribution in [-0.4, -0.2) is 13.2 Å². The highest BCUT2D eigenvalue weighted by molar-refractivity contribution is 5.30. The minimum absolute atomic E-state index is 0.0304. The average Bonchev–Trinajstić information content (AvgIpc) is 2.53. The normalized spacial score (nSPS) is 19.2. The lowest BCUT2D eigenvalue weighted by Crippen LogP contribution is -2.38. The van der Waals surface area contributed by atoms with Crippen molar-refractivity contribution in [2.45, 2.75) is 64.5 Å². The number of methoxy groups -OCH3 is 1. The third kappa shape index (κ3) is 4.19. The fourth-order valence-corrected chi connectivity index (χ4v) is 3.52. The smallest absolute Gasteiger partial charge is 0.131 e. The zero-order chi connectivity index (χ0) is 15.2. The summed E-state index contributed by atoms with van der Waals surface area (Å²) in [7, 11) is 1.56. The molecule has 21 heavy (non-hydrogen) atoms. The number of hydrogen-bond donors (Lipinski definition) is 1. The minimum Gasteiger partial charge on any atom is -0.497 e. The van der Waals surface area contributed by atoms with E-state index in [2.05, 4.69) is 19.2 Å². The molecule has 0 radical (unpaired) electrons. The third-order valence-electron chi connectivity index (χ3n) is 4.80. The molecule has 1 fully saturated rings. The number of nitrogens with one attached hydrogen (secondary N) is 1. The summed E-state index contributed by atoms with van der Waals surface area (Å²) in [5, 5.41) is 3.65. The Labute approximate surface area is 128 Å². The number of hydrogen-bond acceptors (Lipinski definition) is 2. The monoisotopic (exact) mass is 293 g/mol. The van der Waals surface area contributed by atoms with E-state index in [9.17, 15) is 4.39 Å². The topological polar surface area (TPSA) is 21.3 Å². The molecule has 2 nitrogen and oxygen atoms in total. The molecule has 0 aromatic heterocycles. The van der Waals surface area contributed by atoms with Crippen LogP contribution < -0.4 is 10.1 Å². The summed E-state index contributed by atoms with van der Waals surface area (Å²) in [6.07, 6.45) is 7.78. The van der Waals surface area contributed by atoms with E-state index in [-0.39, 0.29) is 11.9 Å². The Hall–Kier alpha value is -1.09. The second kappa shape index (κ2) is 7.79. The van der Waals surface area contributed by atoms with Crippen molar-refractivity contribution in [2.24, 2.45) is 5.92 Å². The van der Waals surface area contributed by atoms with Crippen LogP contribution in [0.1, 0.15) is 64.0 Å². The van der Waals surface area contributed by atoms with Crippen molar-refractivity contribution in [1.82, 2.24) is 5.32 Å². The van der Waals surface area contributed by atoms with Gasteiger partial charge < -0.3 is 10.1 Å². The van der Waals surface area contributed by atoms with Gasteiger partial charge in [0.1, 0.15) is 11.6 Å². The molecule has 0 spiro atoms. The van der Waals surface area contributed by atoms with Gasteiger partial charge >= 0.3 is 0 Å². The van der Waals surface area contributed by atoms with Gasteiger partial charge in [-0.1, -0.05) is 32.3 Å². The Morgan fingerprint density at radius 3 is 2.57 bits per heavy atom. The van der Waals surface area contributed by atoms with Crippen molar-refractivity contribution in [3.63, 3.8) is 0 Å². The fourth-order valence-electron chi connectivity index (χ4n) is 3.52. The number of ether oxygens (including phenoxy) is 1. The molecular formula is C18H28FNO. The van der Waals surface area contributed by atoms with Gasteiger partial charge in [0, 0.05) is 23.7 Å². The van der Waals surface area contributed by atoms with E-state index in [1.165, 1.54) is 38.2 Å². The lowest BCUT2D eigenvalue weighted by Gasteiger charge is -2.32. The maximum Gasteiger partial charge on any atom is 0.131 e. The first-order valence-corrected chi connectivity index (χ1v) is 8.25. The molecule has 118 valence electrons. The molecule has 0 aliphatic heterocycles. The molecule has 1 aliphatic carbocycles. The van der Waals surface area contributed by atoms with Gasteiger partial charge in [0.05, 0.1) is 7.11 Å². The Kier molecular flexibility index (Phi) is 6.04. The first-order chi connectivity index (χ1) is 10.2. The van der Waals surface area contributed by atoms with Crippen molar-refractivity contribution in [2.75, 3.05) is 7.11 Å². The predicted molar refractivity (Wildman–Crippen MR) is 85.2 cm³/mol. The predicted octanol–water partition coefficient (Wildman–Crippen LogP) is 4.84. The van der Waals surface area contributed by atoms with E-state index >= 15 is 0 Å². The third-order valence-corrected chi connectivity index (χ3v) is 4.80. The largest absolute Gasteiger partial charge is 0.497 e. The second-order valence-corrected chi connectivity index (χ2v) is 6.19. The highest BCUT2D eigenvalue weighted by atomic mass is 19.1. The van der Waals surface area contributed by atoms with E-state index in [1.807, 2.05) is 12.1 Å². The average molecular weight is 293 g/mol. The summed E-state index contributed by atoms with van der Waals surface area (Å²) >= 11 is 0. The Morgan fingerprint density at radius 2 is 2.00 bits per heavy atom. The maximum atomic E-state index is 14.2. The van der Waals surface area contributed by atoms with E-state index < -0.39 is 0 Å². The van der Waals surface area contributed by atoms with Crippen LogP contribution in [0.4, 0.5) is 4.39 Å². The molecule has 1 aliphatic rings. The van der Waals surface area contributed by atoms with Crippen LogP contribution in [-0.2, 0) is 0 Å². The highest BCUT2D eigenvalue weighted by Gasteiger charge is 2.24. The minimum atomic E-state index is -0.187. The van der Waals surface area contributed by atoms with E-state index in [0.717, 1.165) is 17.9 Å². The molecule has 1 aromatic carbocycles. The summed E-state index contributed by atoms with van der Waals surface area (Å²) in [5.74, 6) is 1.13. The number of halogens is 1. The molecule has 1 N–H and O–H groups in total. The van der Waals surface area contributed by atoms with Gasteiger partial charge in [0.2, 0.25) is 0 Å². The zero-order valence-corrected chi connectivity index (χ0v) is 13.5. The van der Waals surface area contributed by atoms with Crippen molar-refractivity contribution >= 4 is 0 Å². The van der Waals surface area contributed by atoms with Crippen molar-refractivity contribution < 1.29 is 9.13 Å². The molecule has 0 amide bonds. The van der Waals surface area contributed by atoms with Gasteiger partial charge in [-0.3, -0.25) is 0 Å². The van der Waals surface area contributed by atoms with Crippen LogP contribution in [0.5, 0.6) is 5.75 Å². The Morgan fingerprint density at radius 1 is 1.29 bits per heavy atom. The van der Waals surface area contributed by atoms with Crippen LogP contribution >= 0.6 is 0 Å². The van der Waals surface area contributed by atoms with Gasteiger partial charge in [0.25, 0.3) is 0 Å². The van der Waals surface area contributed by atoms with Gasteiger partial charge in [-0.15, -0.1) is 0 Å². The maximum absolute atomic E-state index is 14.2. The lowest BCUT2D eigenvalue weighted by molar-refractivity contribution is 0.248. The van der Waals surface area contributed by atoms with Gasteiger partial charge in [0.15, 0.2) is 0 Å². The summed E-state index contributed by atoms with van der Waals surface area (Å²) < 4.78 is 19.2. The zero-order valence-electron chi connectivity index (χ0n) is 13.5. The summed E-state index contributed by atoms with van der Waals surface area (Å²) in [4.78, 5) is 0. The molecule has 0 heterocycles. The summed E-state index contributed by atoms with van der Waals surface area (Å²) in [6, 6.07) is 5.65. The molecular weight excluding hydrogens is 265 g/mol. The lowest BCUT2D eigenvalue weighted by atomic mass is 9.82. The summed E-state index contributed by atoms with van der Waals surface area (Å²) in [5.41, 5.74) is 0.727. The standard InChI is InChI=1S/C18H28FNO/c1-4-18(14-8-6-5-7-9-14)20-13(2)16-11-10-15(21-3)12-17(16)19/h10-14,18,20H,4-9H2,1-3H3. The Balaban J connectivity index is 2.03. The van der Waals surface area contributed by atoms with E-state index in [4.69, 9.17) is 4.74 Å². The number of benzene rings is 1. The van der Waals surface area contributed by atoms with Crippen LogP contribution in [0.25, 0.3) is 0 Å². The van der Waals surface area contributed by atoms with Crippen molar-refractivity contribution in [3.8, 4) is 5.75 Å². The van der Waals surface area contributed by atoms with Gasteiger partial charge in [-0.05, 0) is 38.2 Å². The van der Waals surface area contributed by atoms with Crippen LogP contribution in [0.2, 0.25) is 0 Å². The van der Waals surface area contributed by atoms with Crippen LogP contribution in [0.3, 0.4) is 0 Å². The second-order valence-electron chi connectivity index (χ2n) is 6.19. The molecule has 2 rings (SSSR count). The number of rotatable bonds is 6. The molecule has 0 saturated heterocycles. The van der Waals surface area contributed by atoms with Gasteiger partial charge in [-0.2, -0.15) is 0 Å². The molecule has 3 heteroatoms. The molecule has 1 saturated carbocycles. The quantitative estimate of drug-likeness (QED) is 0.810. The van der Waals surface area contributed by atoms with E-state index in [1.54, 1.807) is 7.11 Å². The Bertz CT molecular complexity index is 443.